The number of anilines is 1. The summed E-state index contributed by atoms with van der Waals surface area (Å²) in [5.41, 5.74) is 2.95. The van der Waals surface area contributed by atoms with E-state index in [2.05, 4.69) is 31.9 Å². The number of fused-ring (bicyclic) bond motifs is 4. The average Bonchev–Trinajstić information content (AvgIpc) is 3.28. The molecule has 1 fully saturated rings. The molecule has 1 N–H and O–H groups in total. The summed E-state index contributed by atoms with van der Waals surface area (Å²) in [6, 6.07) is 10.7. The maximum absolute atomic E-state index is 12.9. The molecule has 2 aliphatic carbocycles. The van der Waals surface area contributed by atoms with E-state index in [0.29, 0.717) is 12.2 Å². The van der Waals surface area contributed by atoms with Crippen molar-refractivity contribution in [2.24, 2.45) is 0 Å². The van der Waals surface area contributed by atoms with Gasteiger partial charge in [0.2, 0.25) is 0 Å². The van der Waals surface area contributed by atoms with Crippen molar-refractivity contribution in [1.82, 2.24) is 5.16 Å². The van der Waals surface area contributed by atoms with Gasteiger partial charge >= 0.3 is 0 Å². The molecule has 1 heterocycles. The van der Waals surface area contributed by atoms with Gasteiger partial charge in [-0.05, 0) is 49.1 Å². The molecule has 0 amide bonds. The summed E-state index contributed by atoms with van der Waals surface area (Å²) in [6.07, 6.45) is 2.78. The smallest absolute Gasteiger partial charge is 0.266 e. The van der Waals surface area contributed by atoms with Crippen LogP contribution in [0.2, 0.25) is 10.0 Å². The Kier molecular flexibility index (Phi) is 4.11. The quantitative estimate of drug-likeness (QED) is 0.494. The Morgan fingerprint density at radius 3 is 2.54 bits per heavy atom. The predicted molar refractivity (Wildman–Crippen MR) is 112 cm³/mol. The van der Waals surface area contributed by atoms with Gasteiger partial charge in [0.15, 0.2) is 11.6 Å². The molecule has 0 radical (unpaired) electrons. The third-order valence-corrected chi connectivity index (χ3v) is 8.16. The predicted octanol–water partition coefficient (Wildman–Crippen LogP) is 5.80. The van der Waals surface area contributed by atoms with Crippen LogP contribution < -0.4 is 4.72 Å². The summed E-state index contributed by atoms with van der Waals surface area (Å²) in [7, 11) is -4.03. The number of aromatic nitrogens is 1. The molecule has 0 bridgehead atoms. The van der Waals surface area contributed by atoms with Crippen molar-refractivity contribution in [2.45, 2.75) is 29.6 Å². The fourth-order valence-corrected chi connectivity index (χ4v) is 6.41. The minimum Gasteiger partial charge on any atom is -0.354 e. The highest BCUT2D eigenvalue weighted by atomic mass is 79.9. The molecule has 0 unspecified atom stereocenters. The summed E-state index contributed by atoms with van der Waals surface area (Å²) in [4.78, 5) is -0.171. The van der Waals surface area contributed by atoms with E-state index < -0.39 is 10.0 Å². The van der Waals surface area contributed by atoms with Gasteiger partial charge in [-0.25, -0.2) is 8.42 Å². The lowest BCUT2D eigenvalue weighted by Crippen LogP contribution is -2.20. The highest BCUT2D eigenvalue weighted by Crippen LogP contribution is 2.58. The first kappa shape index (κ1) is 18.5. The second kappa shape index (κ2) is 6.23. The number of hydrogen-bond donors (Lipinski definition) is 1. The number of benzene rings is 2. The van der Waals surface area contributed by atoms with E-state index in [1.54, 1.807) is 6.07 Å². The second-order valence-electron chi connectivity index (χ2n) is 7.14. The third kappa shape index (κ3) is 2.79. The van der Waals surface area contributed by atoms with Crippen LogP contribution in [0.25, 0.3) is 11.3 Å². The highest BCUT2D eigenvalue weighted by molar-refractivity contribution is 9.10. The zero-order valence-corrected chi connectivity index (χ0v) is 18.2. The van der Waals surface area contributed by atoms with Crippen LogP contribution in [0.5, 0.6) is 0 Å². The molecule has 3 aromatic rings. The van der Waals surface area contributed by atoms with Crippen molar-refractivity contribution in [3.05, 3.63) is 62.0 Å². The molecule has 144 valence electrons. The average molecular weight is 500 g/mol. The van der Waals surface area contributed by atoms with Crippen molar-refractivity contribution in [3.8, 4) is 11.3 Å². The Bertz CT molecular complexity index is 1220. The summed E-state index contributed by atoms with van der Waals surface area (Å²) in [6.45, 7) is 0. The first-order valence-corrected chi connectivity index (χ1v) is 11.6. The number of hydrogen-bond acceptors (Lipinski definition) is 4. The zero-order chi connectivity index (χ0) is 19.7. The highest BCUT2D eigenvalue weighted by Gasteiger charge is 2.50. The largest absolute Gasteiger partial charge is 0.354 e. The second-order valence-corrected chi connectivity index (χ2v) is 10.5. The lowest BCUT2D eigenvalue weighted by Gasteiger charge is -2.24. The van der Waals surface area contributed by atoms with Gasteiger partial charge in [0.25, 0.3) is 10.0 Å². The van der Waals surface area contributed by atoms with Gasteiger partial charge < -0.3 is 4.52 Å². The lowest BCUT2D eigenvalue weighted by atomic mass is 9.79. The maximum Gasteiger partial charge on any atom is 0.266 e. The van der Waals surface area contributed by atoms with Crippen LogP contribution >= 0.6 is 39.1 Å². The molecule has 1 spiro atoms. The standard InChI is InChI=1S/C19H13BrCl2N2O3S/c20-10-4-5-13-11(8-10)16-12(9-19(13)6-7-19)18(23-27-16)24-28(25,26)17-14(21)2-1-3-15(17)22/h1-5,8H,6-7,9H2,(H,23,24). The fourth-order valence-electron chi connectivity index (χ4n) is 3.88. The topological polar surface area (TPSA) is 72.2 Å². The Balaban J connectivity index is 1.61. The molecular weight excluding hydrogens is 487 g/mol. The third-order valence-electron chi connectivity index (χ3n) is 5.37. The maximum atomic E-state index is 12.9. The molecule has 9 heteroatoms. The number of rotatable bonds is 3. The first-order chi connectivity index (χ1) is 13.3. The van der Waals surface area contributed by atoms with E-state index in [9.17, 15) is 8.42 Å². The molecule has 5 nitrogen and oxygen atoms in total. The van der Waals surface area contributed by atoms with Crippen LogP contribution in [0, 0.1) is 0 Å². The van der Waals surface area contributed by atoms with E-state index in [-0.39, 0.29) is 26.2 Å². The van der Waals surface area contributed by atoms with E-state index in [4.69, 9.17) is 27.7 Å². The summed E-state index contributed by atoms with van der Waals surface area (Å²) < 4.78 is 34.9. The molecule has 2 aliphatic rings. The van der Waals surface area contributed by atoms with Crippen molar-refractivity contribution < 1.29 is 12.9 Å². The number of halogens is 3. The van der Waals surface area contributed by atoms with Crippen molar-refractivity contribution in [3.63, 3.8) is 0 Å². The van der Waals surface area contributed by atoms with Crippen LogP contribution in [-0.4, -0.2) is 13.6 Å². The van der Waals surface area contributed by atoms with E-state index in [0.717, 1.165) is 28.4 Å². The van der Waals surface area contributed by atoms with Crippen molar-refractivity contribution in [1.29, 1.82) is 0 Å². The van der Waals surface area contributed by atoms with Gasteiger partial charge in [0.05, 0.1) is 10.0 Å². The van der Waals surface area contributed by atoms with E-state index in [1.165, 1.54) is 17.7 Å². The summed E-state index contributed by atoms with van der Waals surface area (Å²) in [5.74, 6) is 0.777. The summed E-state index contributed by atoms with van der Waals surface area (Å²) in [5, 5.41) is 4.12. The first-order valence-electron chi connectivity index (χ1n) is 8.57. The van der Waals surface area contributed by atoms with Gasteiger partial charge in [-0.2, -0.15) is 0 Å². The van der Waals surface area contributed by atoms with Gasteiger partial charge in [-0.3, -0.25) is 4.72 Å². The van der Waals surface area contributed by atoms with Crippen LogP contribution in [0.4, 0.5) is 5.82 Å². The molecule has 0 atom stereocenters. The van der Waals surface area contributed by atoms with Crippen molar-refractivity contribution >= 4 is 55.0 Å². The van der Waals surface area contributed by atoms with Crippen LogP contribution in [0.3, 0.4) is 0 Å². The molecule has 5 rings (SSSR count). The van der Waals surface area contributed by atoms with E-state index in [1.807, 2.05) is 12.1 Å². The minimum atomic E-state index is -4.03. The Hall–Kier alpha value is -1.54. The summed E-state index contributed by atoms with van der Waals surface area (Å²) >= 11 is 15.7. The Morgan fingerprint density at radius 1 is 1.14 bits per heavy atom. The van der Waals surface area contributed by atoms with Gasteiger partial charge in [-0.1, -0.05) is 56.4 Å². The van der Waals surface area contributed by atoms with Crippen LogP contribution in [0.15, 0.2) is 50.3 Å². The monoisotopic (exact) mass is 498 g/mol. The Morgan fingerprint density at radius 2 is 1.86 bits per heavy atom. The molecule has 0 aliphatic heterocycles. The molecule has 2 aromatic carbocycles. The van der Waals surface area contributed by atoms with Crippen LogP contribution in [-0.2, 0) is 21.9 Å². The van der Waals surface area contributed by atoms with Crippen molar-refractivity contribution in [2.75, 3.05) is 4.72 Å². The molecular formula is C19H13BrCl2N2O3S. The number of sulfonamides is 1. The normalized spacial score (nSPS) is 16.5. The Labute approximate surface area is 180 Å². The molecule has 1 aromatic heterocycles. The van der Waals surface area contributed by atoms with Gasteiger partial charge in [0, 0.05) is 21.0 Å². The molecule has 1 saturated carbocycles. The van der Waals surface area contributed by atoms with Crippen LogP contribution in [0.1, 0.15) is 24.0 Å². The molecule has 28 heavy (non-hydrogen) atoms. The van der Waals surface area contributed by atoms with Gasteiger partial charge in [0.1, 0.15) is 4.90 Å². The SMILES string of the molecule is O=S(=O)(Nc1noc2c1CC1(CC1)c1ccc(Br)cc1-2)c1c(Cl)cccc1Cl. The fraction of sp³-hybridized carbons (Fsp3) is 0.211. The molecule has 0 saturated heterocycles. The van der Waals surface area contributed by atoms with E-state index >= 15 is 0 Å². The minimum absolute atomic E-state index is 0.0246. The number of nitrogens with one attached hydrogen (secondary N) is 1. The lowest BCUT2D eigenvalue weighted by molar-refractivity contribution is 0.431. The number of nitrogens with zero attached hydrogens (tertiary/aromatic N) is 1. The van der Waals surface area contributed by atoms with Gasteiger partial charge in [-0.15, -0.1) is 0 Å². The zero-order valence-electron chi connectivity index (χ0n) is 14.3.